The predicted octanol–water partition coefficient (Wildman–Crippen LogP) is 1.07. The summed E-state index contributed by atoms with van der Waals surface area (Å²) in [6, 6.07) is -0.210. The summed E-state index contributed by atoms with van der Waals surface area (Å²) in [5.74, 6) is 0.551. The van der Waals surface area contributed by atoms with Gasteiger partial charge in [-0.25, -0.2) is 9.97 Å². The van der Waals surface area contributed by atoms with Crippen molar-refractivity contribution >= 4 is 22.8 Å². The number of amides is 1. The van der Waals surface area contributed by atoms with Crippen molar-refractivity contribution in [2.24, 2.45) is 0 Å². The average molecular weight is 262 g/mol. The van der Waals surface area contributed by atoms with Gasteiger partial charge in [0.15, 0.2) is 5.65 Å². The summed E-state index contributed by atoms with van der Waals surface area (Å²) < 4.78 is 0. The molecule has 0 radical (unpaired) electrons. The van der Waals surface area contributed by atoms with Gasteiger partial charge in [-0.1, -0.05) is 6.92 Å². The molecule has 3 N–H and O–H groups in total. The summed E-state index contributed by atoms with van der Waals surface area (Å²) in [6.07, 6.45) is 3.97. The number of anilines is 1. The Morgan fingerprint density at radius 3 is 2.95 bits per heavy atom. The van der Waals surface area contributed by atoms with Crippen LogP contribution in [0.3, 0.4) is 0 Å². The van der Waals surface area contributed by atoms with Crippen molar-refractivity contribution < 1.29 is 4.79 Å². The van der Waals surface area contributed by atoms with E-state index in [0.29, 0.717) is 11.5 Å². The SMILES string of the molecule is CCC(C)NC(=O)C(C)Nc1ncnc2[nH]ncc12. The molecule has 0 aliphatic carbocycles. The zero-order valence-corrected chi connectivity index (χ0v) is 11.3. The van der Waals surface area contributed by atoms with E-state index >= 15 is 0 Å². The minimum Gasteiger partial charge on any atom is -0.358 e. The van der Waals surface area contributed by atoms with Gasteiger partial charge in [0.05, 0.1) is 11.6 Å². The van der Waals surface area contributed by atoms with Crippen molar-refractivity contribution in [2.45, 2.75) is 39.3 Å². The molecule has 0 fully saturated rings. The van der Waals surface area contributed by atoms with Crippen molar-refractivity contribution in [3.8, 4) is 0 Å². The molecule has 2 aromatic heterocycles. The molecule has 2 atom stereocenters. The van der Waals surface area contributed by atoms with Crippen molar-refractivity contribution in [1.29, 1.82) is 0 Å². The Hall–Kier alpha value is -2.18. The van der Waals surface area contributed by atoms with Crippen molar-refractivity contribution in [3.63, 3.8) is 0 Å². The molecule has 102 valence electrons. The summed E-state index contributed by atoms with van der Waals surface area (Å²) in [5.41, 5.74) is 0.645. The molecule has 7 heteroatoms. The number of nitrogens with one attached hydrogen (secondary N) is 3. The van der Waals surface area contributed by atoms with Gasteiger partial charge < -0.3 is 10.6 Å². The van der Waals surface area contributed by atoms with E-state index in [1.54, 1.807) is 13.1 Å². The van der Waals surface area contributed by atoms with Crippen LogP contribution < -0.4 is 10.6 Å². The minimum absolute atomic E-state index is 0.0513. The van der Waals surface area contributed by atoms with Gasteiger partial charge in [-0.2, -0.15) is 5.10 Å². The van der Waals surface area contributed by atoms with Gasteiger partial charge >= 0.3 is 0 Å². The number of hydrogen-bond donors (Lipinski definition) is 3. The van der Waals surface area contributed by atoms with Crippen molar-refractivity contribution in [3.05, 3.63) is 12.5 Å². The lowest BCUT2D eigenvalue weighted by molar-refractivity contribution is -0.122. The second-order valence-corrected chi connectivity index (χ2v) is 4.54. The molecule has 2 rings (SSSR count). The lowest BCUT2D eigenvalue weighted by Crippen LogP contribution is -2.42. The smallest absolute Gasteiger partial charge is 0.242 e. The van der Waals surface area contributed by atoms with Crippen LogP contribution in [0.25, 0.3) is 11.0 Å². The van der Waals surface area contributed by atoms with Gasteiger partial charge in [0.2, 0.25) is 5.91 Å². The normalized spacial score (nSPS) is 14.1. The molecular weight excluding hydrogens is 244 g/mol. The number of fused-ring (bicyclic) bond motifs is 1. The largest absolute Gasteiger partial charge is 0.358 e. The lowest BCUT2D eigenvalue weighted by atomic mass is 10.2. The van der Waals surface area contributed by atoms with E-state index < -0.39 is 0 Å². The topological polar surface area (TPSA) is 95.6 Å². The van der Waals surface area contributed by atoms with Gasteiger partial charge in [0, 0.05) is 6.04 Å². The summed E-state index contributed by atoms with van der Waals surface area (Å²) in [4.78, 5) is 20.1. The fourth-order valence-electron chi connectivity index (χ4n) is 1.62. The Kier molecular flexibility index (Phi) is 3.94. The molecule has 0 aliphatic heterocycles. The standard InChI is InChI=1S/C12H18N6O/c1-4-7(2)16-12(19)8(3)17-10-9-5-15-18-11(9)14-6-13-10/h5-8H,4H2,1-3H3,(H,16,19)(H2,13,14,15,17,18). The quantitative estimate of drug-likeness (QED) is 0.749. The third-order valence-electron chi connectivity index (χ3n) is 3.00. The van der Waals surface area contributed by atoms with Crippen LogP contribution >= 0.6 is 0 Å². The van der Waals surface area contributed by atoms with Crippen LogP contribution in [0, 0.1) is 0 Å². The average Bonchev–Trinajstić information content (AvgIpc) is 2.87. The molecule has 0 aliphatic rings. The molecule has 1 amide bonds. The van der Waals surface area contributed by atoms with Crippen LogP contribution in [0.2, 0.25) is 0 Å². The molecule has 2 aromatic rings. The molecule has 7 nitrogen and oxygen atoms in total. The fourth-order valence-corrected chi connectivity index (χ4v) is 1.62. The number of nitrogens with zero attached hydrogens (tertiary/aromatic N) is 3. The van der Waals surface area contributed by atoms with Crippen molar-refractivity contribution in [2.75, 3.05) is 5.32 Å². The highest BCUT2D eigenvalue weighted by molar-refractivity contribution is 5.90. The fraction of sp³-hybridized carbons (Fsp3) is 0.500. The van der Waals surface area contributed by atoms with Crippen LogP contribution in [0.1, 0.15) is 27.2 Å². The number of aromatic nitrogens is 4. The van der Waals surface area contributed by atoms with Crippen LogP contribution in [-0.4, -0.2) is 38.2 Å². The van der Waals surface area contributed by atoms with E-state index in [2.05, 4.69) is 30.8 Å². The van der Waals surface area contributed by atoms with E-state index in [4.69, 9.17) is 0 Å². The number of rotatable bonds is 5. The van der Waals surface area contributed by atoms with Crippen LogP contribution in [0.15, 0.2) is 12.5 Å². The first-order valence-electron chi connectivity index (χ1n) is 6.32. The first kappa shape index (κ1) is 13.3. The van der Waals surface area contributed by atoms with Crippen LogP contribution in [0.5, 0.6) is 0 Å². The highest BCUT2D eigenvalue weighted by atomic mass is 16.2. The number of carbonyl (C=O) groups is 1. The maximum atomic E-state index is 12.0. The second-order valence-electron chi connectivity index (χ2n) is 4.54. The van der Waals surface area contributed by atoms with E-state index in [-0.39, 0.29) is 18.0 Å². The van der Waals surface area contributed by atoms with Crippen LogP contribution in [0.4, 0.5) is 5.82 Å². The highest BCUT2D eigenvalue weighted by Gasteiger charge is 2.16. The summed E-state index contributed by atoms with van der Waals surface area (Å²) in [5, 5.41) is 13.4. The van der Waals surface area contributed by atoms with Gasteiger partial charge in [0.25, 0.3) is 0 Å². The van der Waals surface area contributed by atoms with E-state index in [0.717, 1.165) is 11.8 Å². The summed E-state index contributed by atoms with van der Waals surface area (Å²) >= 11 is 0. The molecule has 0 saturated heterocycles. The van der Waals surface area contributed by atoms with E-state index in [9.17, 15) is 4.79 Å². The zero-order chi connectivity index (χ0) is 13.8. The van der Waals surface area contributed by atoms with E-state index in [1.807, 2.05) is 13.8 Å². The third-order valence-corrected chi connectivity index (χ3v) is 3.00. The number of H-pyrrole nitrogens is 1. The van der Waals surface area contributed by atoms with Crippen LogP contribution in [-0.2, 0) is 4.79 Å². The number of hydrogen-bond acceptors (Lipinski definition) is 5. The minimum atomic E-state index is -0.373. The predicted molar refractivity (Wildman–Crippen MR) is 72.7 cm³/mol. The Morgan fingerprint density at radius 1 is 1.42 bits per heavy atom. The number of aromatic amines is 1. The Morgan fingerprint density at radius 2 is 2.21 bits per heavy atom. The van der Waals surface area contributed by atoms with Gasteiger partial charge in [0.1, 0.15) is 18.2 Å². The summed E-state index contributed by atoms with van der Waals surface area (Å²) in [7, 11) is 0. The van der Waals surface area contributed by atoms with Crippen molar-refractivity contribution in [1.82, 2.24) is 25.5 Å². The molecular formula is C12H18N6O. The van der Waals surface area contributed by atoms with Gasteiger partial charge in [-0.15, -0.1) is 0 Å². The molecule has 0 aromatic carbocycles. The first-order chi connectivity index (χ1) is 9.11. The molecule has 2 heterocycles. The second kappa shape index (κ2) is 5.64. The maximum Gasteiger partial charge on any atom is 0.242 e. The van der Waals surface area contributed by atoms with Gasteiger partial charge in [-0.3, -0.25) is 9.89 Å². The molecule has 0 spiro atoms. The number of carbonyl (C=O) groups excluding carboxylic acids is 1. The molecule has 2 unspecified atom stereocenters. The Bertz CT molecular complexity index is 566. The monoisotopic (exact) mass is 262 g/mol. The maximum absolute atomic E-state index is 12.0. The molecule has 0 bridgehead atoms. The lowest BCUT2D eigenvalue weighted by Gasteiger charge is -2.17. The highest BCUT2D eigenvalue weighted by Crippen LogP contribution is 2.16. The van der Waals surface area contributed by atoms with E-state index in [1.165, 1.54) is 6.33 Å². The van der Waals surface area contributed by atoms with Gasteiger partial charge in [-0.05, 0) is 20.3 Å². The third kappa shape index (κ3) is 2.98. The first-order valence-corrected chi connectivity index (χ1v) is 6.32. The Labute approximate surface area is 111 Å². The zero-order valence-electron chi connectivity index (χ0n) is 11.3. The molecule has 19 heavy (non-hydrogen) atoms. The summed E-state index contributed by atoms with van der Waals surface area (Å²) in [6.45, 7) is 5.80. The Balaban J connectivity index is 2.08. The molecule has 0 saturated carbocycles.